The zero-order chi connectivity index (χ0) is 14.5. The Morgan fingerprint density at radius 3 is 2.50 bits per heavy atom. The summed E-state index contributed by atoms with van der Waals surface area (Å²) in [6.07, 6.45) is 0. The van der Waals surface area contributed by atoms with Crippen molar-refractivity contribution >= 4 is 23.2 Å². The zero-order valence-electron chi connectivity index (χ0n) is 11.4. The molecule has 3 nitrogen and oxygen atoms in total. The Bertz CT molecular complexity index is 651. The molecule has 0 aliphatic carbocycles. The number of nitrogens with one attached hydrogen (secondary N) is 1. The van der Waals surface area contributed by atoms with Gasteiger partial charge in [0.25, 0.3) is 5.91 Å². The number of nitrogens with zero attached hydrogens (tertiary/aromatic N) is 1. The molecule has 0 spiro atoms. The van der Waals surface area contributed by atoms with Gasteiger partial charge >= 0.3 is 0 Å². The normalized spacial score (nSPS) is 11.2. The highest BCUT2D eigenvalue weighted by molar-refractivity contribution is 6.33. The number of amides is 1. The first kappa shape index (κ1) is 14.3. The van der Waals surface area contributed by atoms with E-state index in [2.05, 4.69) is 10.5 Å². The molecule has 0 saturated carbocycles. The predicted octanol–water partition coefficient (Wildman–Crippen LogP) is 3.80. The van der Waals surface area contributed by atoms with Crippen molar-refractivity contribution in [3.63, 3.8) is 0 Å². The summed E-state index contributed by atoms with van der Waals surface area (Å²) in [5, 5.41) is 4.52. The van der Waals surface area contributed by atoms with Crippen LogP contribution >= 0.6 is 11.6 Å². The molecular formula is C16H15ClN2O. The monoisotopic (exact) mass is 286 g/mol. The molecule has 2 aromatic rings. The minimum absolute atomic E-state index is 0.315. The van der Waals surface area contributed by atoms with E-state index >= 15 is 0 Å². The third-order valence-electron chi connectivity index (χ3n) is 2.89. The summed E-state index contributed by atoms with van der Waals surface area (Å²) >= 11 is 6.05. The van der Waals surface area contributed by atoms with E-state index in [1.54, 1.807) is 12.1 Å². The first-order valence-electron chi connectivity index (χ1n) is 6.24. The fraction of sp³-hybridized carbons (Fsp3) is 0.125. The van der Waals surface area contributed by atoms with Gasteiger partial charge in [0.05, 0.1) is 16.3 Å². The smallest absolute Gasteiger partial charge is 0.267 e. The summed E-state index contributed by atoms with van der Waals surface area (Å²) in [7, 11) is 0. The number of halogens is 1. The SMILES string of the molecule is CC(=NNC(=O)c1ccc(C)cc1Cl)c1ccccc1. The minimum Gasteiger partial charge on any atom is -0.267 e. The van der Waals surface area contributed by atoms with Gasteiger partial charge in [-0.25, -0.2) is 5.43 Å². The summed E-state index contributed by atoms with van der Waals surface area (Å²) < 4.78 is 0. The Hall–Kier alpha value is -2.13. The van der Waals surface area contributed by atoms with Crippen molar-refractivity contribution in [2.24, 2.45) is 5.10 Å². The van der Waals surface area contributed by atoms with E-state index in [1.165, 1.54) is 0 Å². The molecule has 0 unspecified atom stereocenters. The van der Waals surface area contributed by atoms with Crippen LogP contribution in [0.25, 0.3) is 0 Å². The van der Waals surface area contributed by atoms with Crippen LogP contribution in [0.5, 0.6) is 0 Å². The molecule has 0 saturated heterocycles. The molecule has 0 radical (unpaired) electrons. The highest BCUT2D eigenvalue weighted by atomic mass is 35.5. The zero-order valence-corrected chi connectivity index (χ0v) is 12.1. The Morgan fingerprint density at radius 2 is 1.85 bits per heavy atom. The van der Waals surface area contributed by atoms with Crippen LogP contribution in [0, 0.1) is 6.92 Å². The number of hydrogen-bond donors (Lipinski definition) is 1. The van der Waals surface area contributed by atoms with Crippen LogP contribution in [0.15, 0.2) is 53.6 Å². The van der Waals surface area contributed by atoms with Crippen molar-refractivity contribution < 1.29 is 4.79 Å². The quantitative estimate of drug-likeness (QED) is 0.677. The van der Waals surface area contributed by atoms with E-state index in [0.29, 0.717) is 10.6 Å². The molecule has 20 heavy (non-hydrogen) atoms. The lowest BCUT2D eigenvalue weighted by Gasteiger charge is -2.05. The summed E-state index contributed by atoms with van der Waals surface area (Å²) in [4.78, 5) is 12.0. The molecule has 0 aliphatic heterocycles. The van der Waals surface area contributed by atoms with Crippen molar-refractivity contribution in [1.29, 1.82) is 0 Å². The van der Waals surface area contributed by atoms with E-state index in [0.717, 1.165) is 16.8 Å². The number of carbonyl (C=O) groups excluding carboxylic acids is 1. The molecular weight excluding hydrogens is 272 g/mol. The van der Waals surface area contributed by atoms with Gasteiger partial charge in [-0.05, 0) is 37.1 Å². The van der Waals surface area contributed by atoms with E-state index in [4.69, 9.17) is 11.6 Å². The summed E-state index contributed by atoms with van der Waals surface area (Å²) in [6.45, 7) is 3.76. The molecule has 4 heteroatoms. The van der Waals surface area contributed by atoms with Crippen molar-refractivity contribution in [2.45, 2.75) is 13.8 Å². The average molecular weight is 287 g/mol. The fourth-order valence-electron chi connectivity index (χ4n) is 1.74. The lowest BCUT2D eigenvalue weighted by atomic mass is 10.1. The maximum absolute atomic E-state index is 12.0. The second-order valence-corrected chi connectivity index (χ2v) is 4.89. The number of hydrazone groups is 1. The molecule has 0 fully saturated rings. The minimum atomic E-state index is -0.315. The third kappa shape index (κ3) is 3.45. The first-order valence-corrected chi connectivity index (χ1v) is 6.62. The summed E-state index contributed by atoms with van der Waals surface area (Å²) in [5.74, 6) is -0.315. The van der Waals surface area contributed by atoms with Crippen molar-refractivity contribution in [2.75, 3.05) is 0 Å². The molecule has 0 aliphatic rings. The Kier molecular flexibility index (Phi) is 4.53. The van der Waals surface area contributed by atoms with Crippen LogP contribution in [0.2, 0.25) is 5.02 Å². The molecule has 2 rings (SSSR count). The molecule has 1 N–H and O–H groups in total. The number of aryl methyl sites for hydroxylation is 1. The van der Waals surface area contributed by atoms with Gasteiger partial charge in [-0.15, -0.1) is 0 Å². The van der Waals surface area contributed by atoms with Crippen LogP contribution < -0.4 is 5.43 Å². The largest absolute Gasteiger partial charge is 0.272 e. The molecule has 1 amide bonds. The van der Waals surface area contributed by atoms with Crippen molar-refractivity contribution in [3.8, 4) is 0 Å². The second-order valence-electron chi connectivity index (χ2n) is 4.49. The summed E-state index contributed by atoms with van der Waals surface area (Å²) in [5.41, 5.74) is 5.65. The van der Waals surface area contributed by atoms with Gasteiger partial charge in [0.2, 0.25) is 0 Å². The van der Waals surface area contributed by atoms with Gasteiger partial charge in [0, 0.05) is 0 Å². The van der Waals surface area contributed by atoms with Gasteiger partial charge in [-0.2, -0.15) is 5.10 Å². The fourth-order valence-corrected chi connectivity index (χ4v) is 2.06. The van der Waals surface area contributed by atoms with Gasteiger partial charge in [0.1, 0.15) is 0 Å². The van der Waals surface area contributed by atoms with Gasteiger partial charge < -0.3 is 0 Å². The van der Waals surface area contributed by atoms with Crippen LogP contribution in [0.1, 0.15) is 28.4 Å². The average Bonchev–Trinajstić information content (AvgIpc) is 2.45. The van der Waals surface area contributed by atoms with Crippen molar-refractivity contribution in [3.05, 3.63) is 70.2 Å². The van der Waals surface area contributed by atoms with Crippen molar-refractivity contribution in [1.82, 2.24) is 5.43 Å². The number of hydrogen-bond acceptors (Lipinski definition) is 2. The van der Waals surface area contributed by atoms with Crippen LogP contribution in [-0.4, -0.2) is 11.6 Å². The molecule has 2 aromatic carbocycles. The highest BCUT2D eigenvalue weighted by Gasteiger charge is 2.09. The molecule has 0 bridgehead atoms. The lowest BCUT2D eigenvalue weighted by molar-refractivity contribution is 0.0955. The highest BCUT2D eigenvalue weighted by Crippen LogP contribution is 2.17. The first-order chi connectivity index (χ1) is 9.58. The van der Waals surface area contributed by atoms with Gasteiger partial charge in [-0.1, -0.05) is 48.0 Å². The maximum atomic E-state index is 12.0. The number of carbonyl (C=O) groups is 1. The van der Waals surface area contributed by atoms with Crippen LogP contribution in [0.4, 0.5) is 0 Å². The number of benzene rings is 2. The third-order valence-corrected chi connectivity index (χ3v) is 3.20. The van der Waals surface area contributed by atoms with Gasteiger partial charge in [-0.3, -0.25) is 4.79 Å². The lowest BCUT2D eigenvalue weighted by Crippen LogP contribution is -2.19. The molecule has 0 aromatic heterocycles. The van der Waals surface area contributed by atoms with Crippen LogP contribution in [0.3, 0.4) is 0 Å². The molecule has 0 heterocycles. The van der Waals surface area contributed by atoms with E-state index in [-0.39, 0.29) is 5.91 Å². The predicted molar refractivity (Wildman–Crippen MR) is 82.3 cm³/mol. The van der Waals surface area contributed by atoms with E-state index < -0.39 is 0 Å². The maximum Gasteiger partial charge on any atom is 0.272 e. The van der Waals surface area contributed by atoms with Crippen LogP contribution in [-0.2, 0) is 0 Å². The van der Waals surface area contributed by atoms with E-state index in [1.807, 2.05) is 50.2 Å². The molecule has 102 valence electrons. The standard InChI is InChI=1S/C16H15ClN2O/c1-11-8-9-14(15(17)10-11)16(20)19-18-12(2)13-6-4-3-5-7-13/h3-10H,1-2H3,(H,19,20). The Morgan fingerprint density at radius 1 is 1.15 bits per heavy atom. The van der Waals surface area contributed by atoms with E-state index in [9.17, 15) is 4.79 Å². The molecule has 0 atom stereocenters. The topological polar surface area (TPSA) is 41.5 Å². The summed E-state index contributed by atoms with van der Waals surface area (Å²) in [6, 6.07) is 14.9. The number of rotatable bonds is 3. The van der Waals surface area contributed by atoms with Gasteiger partial charge in [0.15, 0.2) is 0 Å². The Balaban J connectivity index is 2.12. The Labute approximate surface area is 123 Å². The second kappa shape index (κ2) is 6.35.